The summed E-state index contributed by atoms with van der Waals surface area (Å²) in [6.45, 7) is 6.93. The van der Waals surface area contributed by atoms with Crippen LogP contribution in [0, 0.1) is 19.8 Å². The number of amides is 1. The van der Waals surface area contributed by atoms with Crippen molar-refractivity contribution in [1.82, 2.24) is 10.6 Å². The van der Waals surface area contributed by atoms with Gasteiger partial charge in [-0.25, -0.2) is 0 Å². The van der Waals surface area contributed by atoms with Crippen molar-refractivity contribution in [3.05, 3.63) is 34.9 Å². The largest absolute Gasteiger partial charge is 0.356 e. The third-order valence-corrected chi connectivity index (χ3v) is 3.99. The van der Waals surface area contributed by atoms with E-state index >= 15 is 0 Å². The zero-order valence-electron chi connectivity index (χ0n) is 12.0. The van der Waals surface area contributed by atoms with Crippen molar-refractivity contribution in [2.45, 2.75) is 33.1 Å². The van der Waals surface area contributed by atoms with Crippen LogP contribution >= 0.6 is 0 Å². The first kappa shape index (κ1) is 14.1. The minimum atomic E-state index is 0.209. The van der Waals surface area contributed by atoms with Crippen molar-refractivity contribution in [2.24, 2.45) is 5.92 Å². The van der Waals surface area contributed by atoms with Gasteiger partial charge in [0.25, 0.3) is 0 Å². The summed E-state index contributed by atoms with van der Waals surface area (Å²) < 4.78 is 0. The standard InChI is InChI=1S/C16H24N2O/c1-12-3-4-14(11-13(12)2)5-10-18-16(19)15-6-8-17-9-7-15/h3-4,11,15,17H,5-10H2,1-2H3,(H,18,19). The Bertz CT molecular complexity index is 436. The normalized spacial score (nSPS) is 16.3. The summed E-state index contributed by atoms with van der Waals surface area (Å²) in [5, 5.41) is 6.35. The molecule has 0 aromatic heterocycles. The van der Waals surface area contributed by atoms with Crippen LogP contribution in [-0.2, 0) is 11.2 Å². The summed E-state index contributed by atoms with van der Waals surface area (Å²) in [5.74, 6) is 0.436. The lowest BCUT2D eigenvalue weighted by molar-refractivity contribution is -0.125. The number of hydrogen-bond donors (Lipinski definition) is 2. The van der Waals surface area contributed by atoms with Crippen molar-refractivity contribution >= 4 is 5.91 Å². The maximum Gasteiger partial charge on any atom is 0.223 e. The molecule has 0 aliphatic carbocycles. The molecule has 1 aliphatic rings. The average Bonchev–Trinajstić information content (AvgIpc) is 2.43. The number of carbonyl (C=O) groups is 1. The molecule has 1 aromatic rings. The van der Waals surface area contributed by atoms with E-state index in [1.807, 2.05) is 0 Å². The summed E-state index contributed by atoms with van der Waals surface area (Å²) in [7, 11) is 0. The van der Waals surface area contributed by atoms with Gasteiger partial charge in [0.15, 0.2) is 0 Å². The lowest BCUT2D eigenvalue weighted by atomic mass is 9.97. The van der Waals surface area contributed by atoms with Gasteiger partial charge in [-0.2, -0.15) is 0 Å². The maximum absolute atomic E-state index is 12.0. The van der Waals surface area contributed by atoms with E-state index in [9.17, 15) is 4.79 Å². The number of carbonyl (C=O) groups excluding carboxylic acids is 1. The van der Waals surface area contributed by atoms with E-state index in [2.05, 4.69) is 42.7 Å². The quantitative estimate of drug-likeness (QED) is 0.869. The zero-order valence-corrected chi connectivity index (χ0v) is 12.0. The fourth-order valence-corrected chi connectivity index (χ4v) is 2.52. The van der Waals surface area contributed by atoms with Crippen molar-refractivity contribution in [2.75, 3.05) is 19.6 Å². The second-order valence-corrected chi connectivity index (χ2v) is 5.48. The zero-order chi connectivity index (χ0) is 13.7. The fraction of sp³-hybridized carbons (Fsp3) is 0.562. The van der Waals surface area contributed by atoms with Gasteiger partial charge >= 0.3 is 0 Å². The first-order valence-corrected chi connectivity index (χ1v) is 7.21. The first-order valence-electron chi connectivity index (χ1n) is 7.21. The highest BCUT2D eigenvalue weighted by molar-refractivity contribution is 5.78. The average molecular weight is 260 g/mol. The molecular formula is C16H24N2O. The van der Waals surface area contributed by atoms with Gasteiger partial charge in [-0.15, -0.1) is 0 Å². The van der Waals surface area contributed by atoms with Gasteiger partial charge < -0.3 is 10.6 Å². The summed E-state index contributed by atoms with van der Waals surface area (Å²) in [4.78, 5) is 12.0. The van der Waals surface area contributed by atoms with Crippen molar-refractivity contribution < 1.29 is 4.79 Å². The van der Waals surface area contributed by atoms with Crippen LogP contribution in [0.5, 0.6) is 0 Å². The predicted octanol–water partition coefficient (Wildman–Crippen LogP) is 1.96. The molecule has 1 amide bonds. The molecule has 1 aromatic carbocycles. The third kappa shape index (κ3) is 4.06. The molecule has 1 fully saturated rings. The maximum atomic E-state index is 12.0. The van der Waals surface area contributed by atoms with Crippen LogP contribution in [0.3, 0.4) is 0 Å². The van der Waals surface area contributed by atoms with Crippen molar-refractivity contribution in [1.29, 1.82) is 0 Å². The molecule has 2 N–H and O–H groups in total. The minimum absolute atomic E-state index is 0.209. The number of rotatable bonds is 4. The molecule has 104 valence electrons. The number of hydrogen-bond acceptors (Lipinski definition) is 2. The molecule has 1 heterocycles. The monoisotopic (exact) mass is 260 g/mol. The second-order valence-electron chi connectivity index (χ2n) is 5.48. The predicted molar refractivity (Wildman–Crippen MR) is 78.2 cm³/mol. The number of nitrogens with one attached hydrogen (secondary N) is 2. The highest BCUT2D eigenvalue weighted by Gasteiger charge is 2.20. The Kier molecular flexibility index (Phi) is 4.97. The van der Waals surface area contributed by atoms with Crippen molar-refractivity contribution in [3.8, 4) is 0 Å². The molecular weight excluding hydrogens is 236 g/mol. The molecule has 2 rings (SSSR count). The summed E-state index contributed by atoms with van der Waals surface area (Å²) in [5.41, 5.74) is 3.94. The lowest BCUT2D eigenvalue weighted by Crippen LogP contribution is -2.38. The highest BCUT2D eigenvalue weighted by atomic mass is 16.1. The highest BCUT2D eigenvalue weighted by Crippen LogP contribution is 2.12. The fourth-order valence-electron chi connectivity index (χ4n) is 2.52. The summed E-state index contributed by atoms with van der Waals surface area (Å²) >= 11 is 0. The topological polar surface area (TPSA) is 41.1 Å². The Balaban J connectivity index is 1.76. The Morgan fingerprint density at radius 2 is 2.00 bits per heavy atom. The van der Waals surface area contributed by atoms with Crippen LogP contribution in [-0.4, -0.2) is 25.5 Å². The molecule has 3 nitrogen and oxygen atoms in total. The molecule has 3 heteroatoms. The van der Waals surface area contributed by atoms with Crippen LogP contribution < -0.4 is 10.6 Å². The molecule has 1 saturated heterocycles. The van der Waals surface area contributed by atoms with E-state index in [1.54, 1.807) is 0 Å². The summed E-state index contributed by atoms with van der Waals surface area (Å²) in [6.07, 6.45) is 2.85. The lowest BCUT2D eigenvalue weighted by Gasteiger charge is -2.21. The molecule has 19 heavy (non-hydrogen) atoms. The van der Waals surface area contributed by atoms with Crippen LogP contribution in [0.15, 0.2) is 18.2 Å². The van der Waals surface area contributed by atoms with E-state index in [0.717, 1.165) is 38.9 Å². The second kappa shape index (κ2) is 6.71. The van der Waals surface area contributed by atoms with E-state index in [0.29, 0.717) is 0 Å². The van der Waals surface area contributed by atoms with E-state index in [4.69, 9.17) is 0 Å². The van der Waals surface area contributed by atoms with E-state index in [1.165, 1.54) is 16.7 Å². The third-order valence-electron chi connectivity index (χ3n) is 3.99. The smallest absolute Gasteiger partial charge is 0.223 e. The molecule has 0 spiro atoms. The first-order chi connectivity index (χ1) is 9.16. The number of benzene rings is 1. The van der Waals surface area contributed by atoms with Gasteiger partial charge in [-0.05, 0) is 62.9 Å². The molecule has 0 unspecified atom stereocenters. The molecule has 0 bridgehead atoms. The number of aryl methyl sites for hydroxylation is 2. The minimum Gasteiger partial charge on any atom is -0.356 e. The Labute approximate surface area is 115 Å². The summed E-state index contributed by atoms with van der Waals surface area (Å²) in [6, 6.07) is 6.52. The SMILES string of the molecule is Cc1ccc(CCNC(=O)C2CCNCC2)cc1C. The Morgan fingerprint density at radius 1 is 1.26 bits per heavy atom. The van der Waals surface area contributed by atoms with Crippen LogP contribution in [0.2, 0.25) is 0 Å². The van der Waals surface area contributed by atoms with E-state index < -0.39 is 0 Å². The Hall–Kier alpha value is -1.35. The molecule has 0 radical (unpaired) electrons. The van der Waals surface area contributed by atoms with E-state index in [-0.39, 0.29) is 11.8 Å². The van der Waals surface area contributed by atoms with Gasteiger partial charge in [-0.3, -0.25) is 4.79 Å². The Morgan fingerprint density at radius 3 is 2.68 bits per heavy atom. The number of piperidine rings is 1. The van der Waals surface area contributed by atoms with Gasteiger partial charge in [0.2, 0.25) is 5.91 Å². The van der Waals surface area contributed by atoms with Gasteiger partial charge in [0, 0.05) is 12.5 Å². The molecule has 0 saturated carbocycles. The molecule has 1 aliphatic heterocycles. The molecule has 0 atom stereocenters. The van der Waals surface area contributed by atoms with Gasteiger partial charge in [0.05, 0.1) is 0 Å². The van der Waals surface area contributed by atoms with Gasteiger partial charge in [0.1, 0.15) is 0 Å². The van der Waals surface area contributed by atoms with Crippen LogP contribution in [0.1, 0.15) is 29.5 Å². The van der Waals surface area contributed by atoms with Gasteiger partial charge in [-0.1, -0.05) is 18.2 Å². The van der Waals surface area contributed by atoms with Crippen molar-refractivity contribution in [3.63, 3.8) is 0 Å². The van der Waals surface area contributed by atoms with Crippen LogP contribution in [0.4, 0.5) is 0 Å². The van der Waals surface area contributed by atoms with Crippen LogP contribution in [0.25, 0.3) is 0 Å².